The van der Waals surface area contributed by atoms with E-state index < -0.39 is 0 Å². The molecule has 0 N–H and O–H groups in total. The van der Waals surface area contributed by atoms with E-state index >= 15 is 0 Å². The average molecular weight is 447 g/mol. The molecule has 0 spiro atoms. The highest BCUT2D eigenvalue weighted by Gasteiger charge is 2.25. The van der Waals surface area contributed by atoms with Gasteiger partial charge in [-0.25, -0.2) is 9.97 Å². The Hall–Kier alpha value is -3.77. The maximum atomic E-state index is 12.3. The Morgan fingerprint density at radius 1 is 1.27 bits per heavy atom. The first kappa shape index (κ1) is 22.4. The molecule has 1 aliphatic heterocycles. The fourth-order valence-electron chi connectivity index (χ4n) is 3.66. The van der Waals surface area contributed by atoms with Crippen molar-refractivity contribution >= 4 is 22.6 Å². The Balaban J connectivity index is 1.52. The monoisotopic (exact) mass is 446 g/mol. The zero-order valence-electron chi connectivity index (χ0n) is 18.8. The van der Waals surface area contributed by atoms with E-state index in [0.717, 1.165) is 16.9 Å². The molecule has 1 fully saturated rings. The first-order valence-corrected chi connectivity index (χ1v) is 10.8. The van der Waals surface area contributed by atoms with E-state index in [0.29, 0.717) is 36.6 Å². The number of hydrogen-bond acceptors (Lipinski definition) is 8. The Morgan fingerprint density at radius 3 is 2.82 bits per heavy atom. The molecule has 1 saturated heterocycles. The summed E-state index contributed by atoms with van der Waals surface area (Å²) in [5.41, 5.74) is 4.04. The Kier molecular flexibility index (Phi) is 6.95. The largest absolute Gasteiger partial charge is 0.473 e. The molecule has 0 aliphatic carbocycles. The standard InChI is InChI=1S/C24H26N6O3/c1-29(2)18-7-5-17(6-8-18)20-14-21-23(27-11-10-26-21)24(28-20)33-16-19-15-30(12-13-32-19)22(31)4-3-9-25/h5-8,10-11,14,19H,3-4,12-13,15-16H2,1-2H3/t19-/m0/s1. The van der Waals surface area contributed by atoms with Gasteiger partial charge in [-0.3, -0.25) is 9.78 Å². The van der Waals surface area contributed by atoms with Crippen molar-refractivity contribution in [3.05, 3.63) is 42.7 Å². The van der Waals surface area contributed by atoms with Crippen LogP contribution < -0.4 is 9.64 Å². The summed E-state index contributed by atoms with van der Waals surface area (Å²) in [5, 5.41) is 8.72. The average Bonchev–Trinajstić information content (AvgIpc) is 2.85. The van der Waals surface area contributed by atoms with Crippen molar-refractivity contribution in [1.82, 2.24) is 19.9 Å². The number of morpholine rings is 1. The minimum Gasteiger partial charge on any atom is -0.473 e. The fourth-order valence-corrected chi connectivity index (χ4v) is 3.66. The summed E-state index contributed by atoms with van der Waals surface area (Å²) < 4.78 is 11.8. The molecule has 33 heavy (non-hydrogen) atoms. The highest BCUT2D eigenvalue weighted by Crippen LogP contribution is 2.28. The number of rotatable bonds is 7. The first-order valence-electron chi connectivity index (χ1n) is 10.8. The number of carbonyl (C=O) groups is 1. The number of fused-ring (bicyclic) bond motifs is 1. The molecule has 4 rings (SSSR count). The Labute approximate surface area is 192 Å². The van der Waals surface area contributed by atoms with Crippen LogP contribution >= 0.6 is 0 Å². The van der Waals surface area contributed by atoms with Gasteiger partial charge in [0.25, 0.3) is 0 Å². The number of benzene rings is 1. The van der Waals surface area contributed by atoms with Crippen molar-refractivity contribution < 1.29 is 14.3 Å². The van der Waals surface area contributed by atoms with Gasteiger partial charge >= 0.3 is 0 Å². The lowest BCUT2D eigenvalue weighted by Crippen LogP contribution is -2.47. The summed E-state index contributed by atoms with van der Waals surface area (Å²) in [4.78, 5) is 29.6. The molecule has 170 valence electrons. The number of ether oxygens (including phenoxy) is 2. The van der Waals surface area contributed by atoms with Gasteiger partial charge in [0.1, 0.15) is 12.7 Å². The molecule has 3 heterocycles. The topological polar surface area (TPSA) is 104 Å². The molecule has 2 aromatic heterocycles. The molecule has 0 saturated carbocycles. The third kappa shape index (κ3) is 5.35. The van der Waals surface area contributed by atoms with Crippen LogP contribution in [0.2, 0.25) is 0 Å². The summed E-state index contributed by atoms with van der Waals surface area (Å²) in [6.07, 6.45) is 3.39. The molecule has 1 atom stereocenters. The first-order chi connectivity index (χ1) is 16.0. The predicted molar refractivity (Wildman–Crippen MR) is 124 cm³/mol. The number of hydrogen-bond donors (Lipinski definition) is 0. The zero-order chi connectivity index (χ0) is 23.2. The van der Waals surface area contributed by atoms with Crippen LogP contribution in [-0.4, -0.2) is 72.3 Å². The van der Waals surface area contributed by atoms with E-state index in [1.54, 1.807) is 17.3 Å². The number of nitrogens with zero attached hydrogens (tertiary/aromatic N) is 6. The second kappa shape index (κ2) is 10.2. The van der Waals surface area contributed by atoms with Crippen LogP contribution in [0.1, 0.15) is 12.8 Å². The van der Waals surface area contributed by atoms with Crippen LogP contribution in [0.4, 0.5) is 5.69 Å². The summed E-state index contributed by atoms with van der Waals surface area (Å²) in [7, 11) is 3.99. The Morgan fingerprint density at radius 2 is 2.06 bits per heavy atom. The van der Waals surface area contributed by atoms with Crippen molar-refractivity contribution in [2.24, 2.45) is 0 Å². The van der Waals surface area contributed by atoms with E-state index in [-0.39, 0.29) is 31.5 Å². The van der Waals surface area contributed by atoms with Crippen molar-refractivity contribution in [2.45, 2.75) is 18.9 Å². The molecule has 9 heteroatoms. The smallest absolute Gasteiger partial charge is 0.242 e. The lowest BCUT2D eigenvalue weighted by atomic mass is 10.1. The van der Waals surface area contributed by atoms with E-state index in [2.05, 4.69) is 9.97 Å². The number of carbonyl (C=O) groups excluding carboxylic acids is 1. The third-order valence-electron chi connectivity index (χ3n) is 5.45. The molecule has 3 aromatic rings. The summed E-state index contributed by atoms with van der Waals surface area (Å²) >= 11 is 0. The highest BCUT2D eigenvalue weighted by atomic mass is 16.5. The van der Waals surface area contributed by atoms with Gasteiger partial charge < -0.3 is 19.3 Å². The summed E-state index contributed by atoms with van der Waals surface area (Å²) in [6.45, 7) is 1.59. The fraction of sp³-hybridized carbons (Fsp3) is 0.375. The van der Waals surface area contributed by atoms with Gasteiger partial charge in [0.2, 0.25) is 11.8 Å². The molecule has 1 aliphatic rings. The zero-order valence-corrected chi connectivity index (χ0v) is 18.8. The maximum absolute atomic E-state index is 12.3. The van der Waals surface area contributed by atoms with Gasteiger partial charge in [-0.1, -0.05) is 12.1 Å². The molecule has 0 radical (unpaired) electrons. The lowest BCUT2D eigenvalue weighted by molar-refractivity contribution is -0.139. The van der Waals surface area contributed by atoms with E-state index in [4.69, 9.17) is 19.7 Å². The van der Waals surface area contributed by atoms with Crippen molar-refractivity contribution in [1.29, 1.82) is 5.26 Å². The maximum Gasteiger partial charge on any atom is 0.242 e. The van der Waals surface area contributed by atoms with Gasteiger partial charge in [-0.2, -0.15) is 5.26 Å². The molecule has 1 aromatic carbocycles. The molecule has 1 amide bonds. The Bertz CT molecular complexity index is 1160. The highest BCUT2D eigenvalue weighted by molar-refractivity contribution is 5.83. The van der Waals surface area contributed by atoms with Crippen LogP contribution in [0.5, 0.6) is 5.88 Å². The number of aromatic nitrogens is 3. The van der Waals surface area contributed by atoms with Gasteiger partial charge in [0.15, 0.2) is 5.52 Å². The van der Waals surface area contributed by atoms with E-state index in [1.165, 1.54) is 0 Å². The molecule has 0 unspecified atom stereocenters. The second-order valence-electron chi connectivity index (χ2n) is 7.98. The van der Waals surface area contributed by atoms with E-state index in [1.807, 2.05) is 55.4 Å². The number of amides is 1. The SMILES string of the molecule is CN(C)c1ccc(-c2cc3nccnc3c(OC[C@@H]3CN(C(=O)CCC#N)CCO3)n2)cc1. The predicted octanol–water partition coefficient (Wildman–Crippen LogP) is 2.67. The van der Waals surface area contributed by atoms with Crippen LogP contribution in [0, 0.1) is 11.3 Å². The molecular formula is C24H26N6O3. The minimum absolute atomic E-state index is 0.0394. The van der Waals surface area contributed by atoms with Gasteiger partial charge in [-0.05, 0) is 18.2 Å². The van der Waals surface area contributed by atoms with Crippen LogP contribution in [0.3, 0.4) is 0 Å². The third-order valence-corrected chi connectivity index (χ3v) is 5.45. The lowest BCUT2D eigenvalue weighted by Gasteiger charge is -2.32. The number of anilines is 1. The van der Waals surface area contributed by atoms with Crippen LogP contribution in [-0.2, 0) is 9.53 Å². The number of nitriles is 1. The minimum atomic E-state index is -0.290. The number of pyridine rings is 1. The van der Waals surface area contributed by atoms with Crippen LogP contribution in [0.15, 0.2) is 42.7 Å². The summed E-state index contributed by atoms with van der Waals surface area (Å²) in [5.74, 6) is 0.339. The van der Waals surface area contributed by atoms with Crippen LogP contribution in [0.25, 0.3) is 22.3 Å². The van der Waals surface area contributed by atoms with Gasteiger partial charge in [0.05, 0.1) is 30.4 Å². The molecular weight excluding hydrogens is 420 g/mol. The van der Waals surface area contributed by atoms with Crippen molar-refractivity contribution in [3.63, 3.8) is 0 Å². The molecule has 0 bridgehead atoms. The quantitative estimate of drug-likeness (QED) is 0.546. The van der Waals surface area contributed by atoms with Crippen molar-refractivity contribution in [2.75, 3.05) is 45.3 Å². The molecule has 9 nitrogen and oxygen atoms in total. The normalized spacial score (nSPS) is 15.8. The van der Waals surface area contributed by atoms with E-state index in [9.17, 15) is 4.79 Å². The summed E-state index contributed by atoms with van der Waals surface area (Å²) in [6, 6.07) is 12.0. The van der Waals surface area contributed by atoms with Gasteiger partial charge in [0, 0.05) is 57.1 Å². The second-order valence-corrected chi connectivity index (χ2v) is 7.98. The van der Waals surface area contributed by atoms with Crippen molar-refractivity contribution in [3.8, 4) is 23.2 Å². The van der Waals surface area contributed by atoms with Gasteiger partial charge in [-0.15, -0.1) is 0 Å².